The molecule has 1 aromatic heterocycles. The zero-order valence-corrected chi connectivity index (χ0v) is 14.3. The second-order valence-corrected chi connectivity index (χ2v) is 7.29. The third-order valence-corrected chi connectivity index (χ3v) is 5.55. The molecule has 24 heavy (non-hydrogen) atoms. The topological polar surface area (TPSA) is 68.0 Å². The molecule has 0 unspecified atom stereocenters. The smallest absolute Gasteiger partial charge is 0.224 e. The molecule has 2 aromatic rings. The summed E-state index contributed by atoms with van der Waals surface area (Å²) in [4.78, 5) is 17.2. The first kappa shape index (κ1) is 15.6. The van der Waals surface area contributed by atoms with Gasteiger partial charge in [-0.15, -0.1) is 0 Å². The van der Waals surface area contributed by atoms with Crippen LogP contribution < -0.4 is 5.32 Å². The molecule has 1 N–H and O–H groups in total. The summed E-state index contributed by atoms with van der Waals surface area (Å²) >= 11 is 6.26. The average Bonchev–Trinajstić information content (AvgIpc) is 3.00. The summed E-state index contributed by atoms with van der Waals surface area (Å²) in [5.41, 5.74) is 0.595. The lowest BCUT2D eigenvalue weighted by Crippen LogP contribution is -2.45. The van der Waals surface area contributed by atoms with Gasteiger partial charge in [-0.25, -0.2) is 0 Å². The number of carbonyl (C=O) groups is 1. The van der Waals surface area contributed by atoms with E-state index < -0.39 is 5.54 Å². The van der Waals surface area contributed by atoms with Crippen LogP contribution in [0.1, 0.15) is 55.3 Å². The Bertz CT molecular complexity index is 767. The number of halogens is 1. The van der Waals surface area contributed by atoms with Gasteiger partial charge in [0.2, 0.25) is 11.8 Å². The largest absolute Gasteiger partial charge is 0.343 e. The minimum Gasteiger partial charge on any atom is -0.343 e. The fourth-order valence-electron chi connectivity index (χ4n) is 3.81. The fraction of sp³-hybridized carbons (Fsp3) is 0.500. The average molecular weight is 346 g/mol. The van der Waals surface area contributed by atoms with Gasteiger partial charge in [0.05, 0.1) is 0 Å². The summed E-state index contributed by atoms with van der Waals surface area (Å²) in [5.74, 6) is 1.41. The third kappa shape index (κ3) is 2.71. The Labute approximate surface area is 145 Å². The maximum absolute atomic E-state index is 12.8. The first-order valence-corrected chi connectivity index (χ1v) is 8.84. The van der Waals surface area contributed by atoms with Crippen molar-refractivity contribution in [3.05, 3.63) is 46.6 Å². The van der Waals surface area contributed by atoms with E-state index in [4.69, 9.17) is 16.1 Å². The minimum atomic E-state index is -0.470. The van der Waals surface area contributed by atoms with Gasteiger partial charge in [-0.2, -0.15) is 4.98 Å². The Balaban J connectivity index is 1.50. The van der Waals surface area contributed by atoms with Crippen molar-refractivity contribution in [2.24, 2.45) is 5.92 Å². The maximum Gasteiger partial charge on any atom is 0.224 e. The van der Waals surface area contributed by atoms with Gasteiger partial charge in [0, 0.05) is 17.9 Å². The minimum absolute atomic E-state index is 0.0182. The standard InChI is InChI=1S/C18H20ClN3O2/c1-11-20-17(22-24-11)18(8-4-5-9-18)21-16(23)14-10-13(14)12-6-2-3-7-15(12)19/h2-3,6-7,13-14H,4-5,8-10H2,1H3,(H,21,23)/t13-,14-/m1/s1. The van der Waals surface area contributed by atoms with Gasteiger partial charge in [-0.1, -0.05) is 47.8 Å². The maximum atomic E-state index is 12.8. The molecule has 126 valence electrons. The number of aromatic nitrogens is 2. The second kappa shape index (κ2) is 5.88. The first-order chi connectivity index (χ1) is 11.6. The predicted octanol–water partition coefficient (Wildman–Crippen LogP) is 3.72. The molecule has 0 spiro atoms. The lowest BCUT2D eigenvalue weighted by molar-refractivity contribution is -0.124. The van der Waals surface area contributed by atoms with Crippen molar-refractivity contribution >= 4 is 17.5 Å². The molecule has 5 nitrogen and oxygen atoms in total. The molecule has 2 aliphatic carbocycles. The van der Waals surface area contributed by atoms with E-state index in [1.54, 1.807) is 6.92 Å². The van der Waals surface area contributed by atoms with Crippen molar-refractivity contribution in [1.82, 2.24) is 15.5 Å². The van der Waals surface area contributed by atoms with Gasteiger partial charge >= 0.3 is 0 Å². The molecule has 1 amide bonds. The lowest BCUT2D eigenvalue weighted by atomic mass is 9.96. The van der Waals surface area contributed by atoms with Crippen LogP contribution in [0.25, 0.3) is 0 Å². The summed E-state index contributed by atoms with van der Waals surface area (Å²) in [6.07, 6.45) is 4.69. The van der Waals surface area contributed by atoms with Crippen molar-refractivity contribution in [3.8, 4) is 0 Å². The van der Waals surface area contributed by atoms with Gasteiger partial charge in [0.15, 0.2) is 5.82 Å². The van der Waals surface area contributed by atoms with Crippen LogP contribution in [0.2, 0.25) is 5.02 Å². The van der Waals surface area contributed by atoms with Crippen molar-refractivity contribution in [3.63, 3.8) is 0 Å². The molecule has 0 saturated heterocycles. The zero-order chi connectivity index (χ0) is 16.7. The highest BCUT2D eigenvalue weighted by Crippen LogP contribution is 2.50. The summed E-state index contributed by atoms with van der Waals surface area (Å²) in [5, 5.41) is 8.05. The third-order valence-electron chi connectivity index (χ3n) is 5.21. The molecular weight excluding hydrogens is 326 g/mol. The number of aryl methyl sites for hydroxylation is 1. The van der Waals surface area contributed by atoms with E-state index in [-0.39, 0.29) is 17.7 Å². The molecule has 0 radical (unpaired) electrons. The molecule has 0 bridgehead atoms. The van der Waals surface area contributed by atoms with Gasteiger partial charge in [-0.05, 0) is 36.8 Å². The molecule has 2 atom stereocenters. The quantitative estimate of drug-likeness (QED) is 0.917. The van der Waals surface area contributed by atoms with Crippen LogP contribution in [0.4, 0.5) is 0 Å². The van der Waals surface area contributed by atoms with Crippen LogP contribution in [-0.4, -0.2) is 16.0 Å². The SMILES string of the molecule is Cc1nc(C2(NC(=O)[C@@H]3C[C@@H]3c3ccccc3Cl)CCCC2)no1. The highest BCUT2D eigenvalue weighted by Gasteiger charge is 2.49. The van der Waals surface area contributed by atoms with Gasteiger partial charge < -0.3 is 9.84 Å². The molecule has 4 rings (SSSR count). The zero-order valence-electron chi connectivity index (χ0n) is 13.6. The van der Waals surface area contributed by atoms with Gasteiger partial charge in [0.1, 0.15) is 5.54 Å². The molecule has 6 heteroatoms. The van der Waals surface area contributed by atoms with Crippen molar-refractivity contribution < 1.29 is 9.32 Å². The van der Waals surface area contributed by atoms with Crippen LogP contribution in [0.15, 0.2) is 28.8 Å². The normalized spacial score (nSPS) is 24.8. The molecule has 2 aliphatic rings. The Morgan fingerprint density at radius 2 is 2.08 bits per heavy atom. The molecule has 1 aromatic carbocycles. The number of nitrogens with one attached hydrogen (secondary N) is 1. The molecule has 2 fully saturated rings. The first-order valence-electron chi connectivity index (χ1n) is 8.46. The number of nitrogens with zero attached hydrogens (tertiary/aromatic N) is 2. The molecule has 0 aliphatic heterocycles. The Morgan fingerprint density at radius 1 is 1.33 bits per heavy atom. The summed E-state index contributed by atoms with van der Waals surface area (Å²) < 4.78 is 5.14. The van der Waals surface area contributed by atoms with Crippen molar-refractivity contribution in [2.45, 2.75) is 50.5 Å². The van der Waals surface area contributed by atoms with Gasteiger partial charge in [-0.3, -0.25) is 4.79 Å². The highest BCUT2D eigenvalue weighted by molar-refractivity contribution is 6.31. The van der Waals surface area contributed by atoms with Crippen molar-refractivity contribution in [1.29, 1.82) is 0 Å². The Hall–Kier alpha value is -1.88. The molecule has 1 heterocycles. The van der Waals surface area contributed by atoms with E-state index in [9.17, 15) is 4.79 Å². The van der Waals surface area contributed by atoms with E-state index in [0.29, 0.717) is 11.7 Å². The Morgan fingerprint density at radius 3 is 2.75 bits per heavy atom. The number of hydrogen-bond donors (Lipinski definition) is 1. The van der Waals surface area contributed by atoms with E-state index in [1.807, 2.05) is 24.3 Å². The number of amides is 1. The van der Waals surface area contributed by atoms with Crippen LogP contribution in [0, 0.1) is 12.8 Å². The highest BCUT2D eigenvalue weighted by atomic mass is 35.5. The number of carbonyl (C=O) groups excluding carboxylic acids is 1. The molecular formula is C18H20ClN3O2. The Kier molecular flexibility index (Phi) is 3.83. The van der Waals surface area contributed by atoms with E-state index in [0.717, 1.165) is 42.7 Å². The van der Waals surface area contributed by atoms with Crippen molar-refractivity contribution in [2.75, 3.05) is 0 Å². The predicted molar refractivity (Wildman–Crippen MR) is 89.6 cm³/mol. The fourth-order valence-corrected chi connectivity index (χ4v) is 4.09. The van der Waals surface area contributed by atoms with Crippen LogP contribution in [-0.2, 0) is 10.3 Å². The number of rotatable bonds is 4. The number of hydrogen-bond acceptors (Lipinski definition) is 4. The van der Waals surface area contributed by atoms with Crippen LogP contribution >= 0.6 is 11.6 Å². The second-order valence-electron chi connectivity index (χ2n) is 6.89. The number of benzene rings is 1. The monoisotopic (exact) mass is 345 g/mol. The summed E-state index contributed by atoms with van der Waals surface area (Å²) in [6.45, 7) is 1.77. The summed E-state index contributed by atoms with van der Waals surface area (Å²) in [6, 6.07) is 7.77. The lowest BCUT2D eigenvalue weighted by Gasteiger charge is -2.27. The van der Waals surface area contributed by atoms with Gasteiger partial charge in [0.25, 0.3) is 0 Å². The van der Waals surface area contributed by atoms with E-state index >= 15 is 0 Å². The van der Waals surface area contributed by atoms with E-state index in [1.165, 1.54) is 0 Å². The van der Waals surface area contributed by atoms with E-state index in [2.05, 4.69) is 15.5 Å². The van der Waals surface area contributed by atoms with Crippen LogP contribution in [0.5, 0.6) is 0 Å². The van der Waals surface area contributed by atoms with Crippen LogP contribution in [0.3, 0.4) is 0 Å². The molecule has 2 saturated carbocycles. The summed E-state index contributed by atoms with van der Waals surface area (Å²) in [7, 11) is 0.